The second kappa shape index (κ2) is 7.95. The third-order valence-corrected chi connectivity index (χ3v) is 4.47. The van der Waals surface area contributed by atoms with Crippen LogP contribution in [0.25, 0.3) is 5.69 Å². The molecular weight excluding hydrogens is 380 g/mol. The van der Waals surface area contributed by atoms with Crippen LogP contribution in [0.5, 0.6) is 0 Å². The zero-order valence-electron chi connectivity index (χ0n) is 13.0. The minimum atomic E-state index is 0. The number of carbonyl (C=O) groups excluding carboxylic acids is 1. The maximum Gasteiger partial charge on any atom is 0.257 e. The van der Waals surface area contributed by atoms with Crippen LogP contribution < -0.4 is 5.32 Å². The molecule has 2 heterocycles. The van der Waals surface area contributed by atoms with Crippen molar-refractivity contribution in [2.45, 2.75) is 13.3 Å². The van der Waals surface area contributed by atoms with Gasteiger partial charge in [-0.25, -0.2) is 4.68 Å². The minimum absolute atomic E-state index is 0. The first-order valence-electron chi connectivity index (χ1n) is 7.47. The fourth-order valence-electron chi connectivity index (χ4n) is 2.68. The van der Waals surface area contributed by atoms with Crippen LogP contribution in [0.15, 0.2) is 34.9 Å². The summed E-state index contributed by atoms with van der Waals surface area (Å²) >= 11 is 3.43. The Labute approximate surface area is 150 Å². The lowest BCUT2D eigenvalue weighted by Crippen LogP contribution is -2.34. The van der Waals surface area contributed by atoms with Gasteiger partial charge in [-0.05, 0) is 44.2 Å². The van der Waals surface area contributed by atoms with Gasteiger partial charge in [0.05, 0.1) is 23.1 Å². The van der Waals surface area contributed by atoms with E-state index in [4.69, 9.17) is 0 Å². The lowest BCUT2D eigenvalue weighted by Gasteiger charge is -2.19. The molecule has 1 fully saturated rings. The highest BCUT2D eigenvalue weighted by molar-refractivity contribution is 9.10. The Morgan fingerprint density at radius 1 is 1.22 bits per heavy atom. The summed E-state index contributed by atoms with van der Waals surface area (Å²) in [5.74, 6) is 0.0737. The lowest BCUT2D eigenvalue weighted by molar-refractivity contribution is 0.0765. The van der Waals surface area contributed by atoms with Crippen LogP contribution >= 0.6 is 28.3 Å². The molecule has 1 aromatic carbocycles. The molecule has 1 N–H and O–H groups in total. The molecule has 1 amide bonds. The summed E-state index contributed by atoms with van der Waals surface area (Å²) < 4.78 is 2.84. The molecule has 0 spiro atoms. The average molecular weight is 400 g/mol. The van der Waals surface area contributed by atoms with Gasteiger partial charge in [0.15, 0.2) is 0 Å². The molecule has 2 aromatic rings. The van der Waals surface area contributed by atoms with E-state index in [1.165, 1.54) is 0 Å². The molecule has 124 valence electrons. The summed E-state index contributed by atoms with van der Waals surface area (Å²) in [6, 6.07) is 7.90. The Morgan fingerprint density at radius 3 is 2.70 bits per heavy atom. The fraction of sp³-hybridized carbons (Fsp3) is 0.375. The normalized spacial score (nSPS) is 15.0. The van der Waals surface area contributed by atoms with Crippen LogP contribution in [0, 0.1) is 6.92 Å². The van der Waals surface area contributed by atoms with Crippen molar-refractivity contribution in [2.24, 2.45) is 0 Å². The number of rotatable bonds is 2. The second-order valence-electron chi connectivity index (χ2n) is 5.43. The molecule has 0 aliphatic carbocycles. The molecule has 1 aliphatic heterocycles. The number of halogens is 2. The number of nitrogens with one attached hydrogen (secondary N) is 1. The summed E-state index contributed by atoms with van der Waals surface area (Å²) in [5.41, 5.74) is 2.52. The van der Waals surface area contributed by atoms with Crippen molar-refractivity contribution in [3.63, 3.8) is 0 Å². The zero-order chi connectivity index (χ0) is 15.5. The Bertz CT molecular complexity index is 663. The van der Waals surface area contributed by atoms with Gasteiger partial charge in [0, 0.05) is 24.1 Å². The highest BCUT2D eigenvalue weighted by Crippen LogP contribution is 2.18. The van der Waals surface area contributed by atoms with E-state index in [1.54, 1.807) is 6.20 Å². The third-order valence-electron chi connectivity index (χ3n) is 3.94. The summed E-state index contributed by atoms with van der Waals surface area (Å²) in [6.45, 7) is 5.32. The number of hydrogen-bond acceptors (Lipinski definition) is 3. The largest absolute Gasteiger partial charge is 0.337 e. The first-order valence-corrected chi connectivity index (χ1v) is 8.26. The monoisotopic (exact) mass is 398 g/mol. The Kier molecular flexibility index (Phi) is 6.21. The summed E-state index contributed by atoms with van der Waals surface area (Å²) in [6.07, 6.45) is 2.67. The molecule has 0 bridgehead atoms. The number of hydrogen-bond donors (Lipinski definition) is 1. The van der Waals surface area contributed by atoms with E-state index in [0.717, 1.165) is 48.5 Å². The van der Waals surface area contributed by atoms with Crippen molar-refractivity contribution in [3.8, 4) is 5.69 Å². The van der Waals surface area contributed by atoms with Gasteiger partial charge >= 0.3 is 0 Å². The molecule has 1 saturated heterocycles. The van der Waals surface area contributed by atoms with Crippen molar-refractivity contribution in [1.82, 2.24) is 20.0 Å². The number of nitrogens with zero attached hydrogens (tertiary/aromatic N) is 3. The van der Waals surface area contributed by atoms with Crippen LogP contribution in [0.4, 0.5) is 0 Å². The molecule has 0 atom stereocenters. The number of benzene rings is 1. The topological polar surface area (TPSA) is 50.2 Å². The summed E-state index contributed by atoms with van der Waals surface area (Å²) in [5, 5.41) is 7.71. The van der Waals surface area contributed by atoms with Crippen LogP contribution in [0.1, 0.15) is 22.5 Å². The maximum atomic E-state index is 12.7. The van der Waals surface area contributed by atoms with Gasteiger partial charge < -0.3 is 10.2 Å². The molecule has 1 aromatic heterocycles. The molecule has 0 saturated carbocycles. The smallest absolute Gasteiger partial charge is 0.257 e. The maximum absolute atomic E-state index is 12.7. The highest BCUT2D eigenvalue weighted by atomic mass is 79.9. The van der Waals surface area contributed by atoms with Crippen LogP contribution in [0.3, 0.4) is 0 Å². The first-order chi connectivity index (χ1) is 10.7. The van der Waals surface area contributed by atoms with E-state index in [-0.39, 0.29) is 18.3 Å². The molecule has 5 nitrogen and oxygen atoms in total. The Balaban J connectivity index is 0.00000192. The quantitative estimate of drug-likeness (QED) is 0.845. The van der Waals surface area contributed by atoms with Gasteiger partial charge in [-0.15, -0.1) is 12.4 Å². The zero-order valence-corrected chi connectivity index (χ0v) is 15.4. The number of aromatic nitrogens is 2. The second-order valence-corrected chi connectivity index (χ2v) is 6.34. The van der Waals surface area contributed by atoms with E-state index in [2.05, 4.69) is 26.3 Å². The Hall–Kier alpha value is -1.37. The molecule has 1 aliphatic rings. The summed E-state index contributed by atoms with van der Waals surface area (Å²) in [4.78, 5) is 14.6. The predicted molar refractivity (Wildman–Crippen MR) is 96.6 cm³/mol. The molecule has 0 radical (unpaired) electrons. The standard InChI is InChI=1S/C16H19BrN4O.ClH/c1-12-15(16(22)20-9-2-7-18-8-10-20)11-19-21(12)14-5-3-13(17)4-6-14;/h3-6,11,18H,2,7-10H2,1H3;1H. The fourth-order valence-corrected chi connectivity index (χ4v) is 2.95. The molecular formula is C16H20BrClN4O. The van der Waals surface area contributed by atoms with Crippen LogP contribution in [-0.4, -0.2) is 46.8 Å². The van der Waals surface area contributed by atoms with Gasteiger partial charge in [-0.3, -0.25) is 4.79 Å². The number of carbonyl (C=O) groups is 1. The number of amides is 1. The van der Waals surface area contributed by atoms with E-state index in [1.807, 2.05) is 40.8 Å². The highest BCUT2D eigenvalue weighted by Gasteiger charge is 2.21. The summed E-state index contributed by atoms with van der Waals surface area (Å²) in [7, 11) is 0. The van der Waals surface area contributed by atoms with Gasteiger partial charge in [-0.2, -0.15) is 5.10 Å². The average Bonchev–Trinajstić information content (AvgIpc) is 2.75. The van der Waals surface area contributed by atoms with Gasteiger partial charge in [0.2, 0.25) is 0 Å². The van der Waals surface area contributed by atoms with E-state index >= 15 is 0 Å². The molecule has 3 rings (SSSR count). The lowest BCUT2D eigenvalue weighted by atomic mass is 10.2. The first kappa shape index (κ1) is 18.0. The van der Waals surface area contributed by atoms with E-state index in [9.17, 15) is 4.79 Å². The molecule has 0 unspecified atom stereocenters. The Morgan fingerprint density at radius 2 is 1.96 bits per heavy atom. The van der Waals surface area contributed by atoms with E-state index in [0.29, 0.717) is 5.56 Å². The van der Waals surface area contributed by atoms with Gasteiger partial charge in [-0.1, -0.05) is 15.9 Å². The minimum Gasteiger partial charge on any atom is -0.337 e. The molecule has 23 heavy (non-hydrogen) atoms. The SMILES string of the molecule is Cc1c(C(=O)N2CCCNCC2)cnn1-c1ccc(Br)cc1.Cl. The van der Waals surface area contributed by atoms with E-state index < -0.39 is 0 Å². The van der Waals surface area contributed by atoms with Crippen LogP contribution in [0.2, 0.25) is 0 Å². The van der Waals surface area contributed by atoms with Crippen molar-refractivity contribution in [1.29, 1.82) is 0 Å². The predicted octanol–water partition coefficient (Wildman–Crippen LogP) is 2.80. The van der Waals surface area contributed by atoms with Crippen molar-refractivity contribution in [3.05, 3.63) is 46.2 Å². The van der Waals surface area contributed by atoms with Crippen molar-refractivity contribution in [2.75, 3.05) is 26.2 Å². The van der Waals surface area contributed by atoms with Gasteiger partial charge in [0.25, 0.3) is 5.91 Å². The molecule has 7 heteroatoms. The van der Waals surface area contributed by atoms with Crippen molar-refractivity contribution < 1.29 is 4.79 Å². The third kappa shape index (κ3) is 3.94. The van der Waals surface area contributed by atoms with Gasteiger partial charge in [0.1, 0.15) is 0 Å². The van der Waals surface area contributed by atoms with Crippen molar-refractivity contribution >= 4 is 34.2 Å². The van der Waals surface area contributed by atoms with Crippen LogP contribution in [-0.2, 0) is 0 Å².